The normalized spacial score (nSPS) is 11.1. The molecule has 26 heavy (non-hydrogen) atoms. The van der Waals surface area contributed by atoms with E-state index in [4.69, 9.17) is 4.74 Å². The Hall–Kier alpha value is -2.65. The highest BCUT2D eigenvalue weighted by molar-refractivity contribution is 7.11. The third kappa shape index (κ3) is 3.94. The topological polar surface area (TPSA) is 26.3 Å². The first-order chi connectivity index (χ1) is 12.7. The molecule has 3 heteroatoms. The maximum absolute atomic E-state index is 11.2. The molecule has 0 saturated carbocycles. The summed E-state index contributed by atoms with van der Waals surface area (Å²) in [5, 5.41) is 4.17. The minimum atomic E-state index is -2.19. The molecular weight excluding hydrogens is 336 g/mol. The van der Waals surface area contributed by atoms with Gasteiger partial charge < -0.3 is 4.74 Å². The third-order valence-electron chi connectivity index (χ3n) is 4.80. The predicted molar refractivity (Wildman–Crippen MR) is 110 cm³/mol. The predicted octanol–water partition coefficient (Wildman–Crippen LogP) is 3.11. The Labute approximate surface area is 156 Å². The zero-order valence-corrected chi connectivity index (χ0v) is 16.1. The minimum absolute atomic E-state index is 0.212. The third-order valence-corrected chi connectivity index (χ3v) is 9.86. The molecule has 0 aliphatic heterocycles. The molecule has 0 spiro atoms. The SMILES string of the molecule is CC(=O)OCCC[Si](c1ccccc1)(c1ccccc1)c1ccccc1. The van der Waals surface area contributed by atoms with Crippen LogP contribution in [0.1, 0.15) is 13.3 Å². The number of carbonyl (C=O) groups excluding carboxylic acids is 1. The summed E-state index contributed by atoms with van der Waals surface area (Å²) in [6, 6.07) is 33.4. The number of benzene rings is 3. The summed E-state index contributed by atoms with van der Waals surface area (Å²) >= 11 is 0. The first-order valence-electron chi connectivity index (χ1n) is 9.03. The highest BCUT2D eigenvalue weighted by Crippen LogP contribution is 2.15. The smallest absolute Gasteiger partial charge is 0.302 e. The Balaban J connectivity index is 2.10. The molecule has 0 saturated heterocycles. The van der Waals surface area contributed by atoms with Gasteiger partial charge in [0.1, 0.15) is 8.07 Å². The summed E-state index contributed by atoms with van der Waals surface area (Å²) in [5.41, 5.74) is 0. The number of hydrogen-bond acceptors (Lipinski definition) is 2. The summed E-state index contributed by atoms with van der Waals surface area (Å²) in [5.74, 6) is -0.212. The molecule has 0 N–H and O–H groups in total. The van der Waals surface area contributed by atoms with Gasteiger partial charge in [-0.1, -0.05) is 91.0 Å². The Morgan fingerprint density at radius 1 is 0.731 bits per heavy atom. The molecule has 2 nitrogen and oxygen atoms in total. The van der Waals surface area contributed by atoms with Gasteiger partial charge in [-0.05, 0) is 28.0 Å². The van der Waals surface area contributed by atoms with Crippen molar-refractivity contribution >= 4 is 29.6 Å². The average molecular weight is 361 g/mol. The monoisotopic (exact) mass is 360 g/mol. The van der Waals surface area contributed by atoms with Crippen LogP contribution in [0.2, 0.25) is 6.04 Å². The number of esters is 1. The maximum atomic E-state index is 11.2. The zero-order chi connectivity index (χ0) is 18.2. The van der Waals surface area contributed by atoms with Crippen molar-refractivity contribution in [3.05, 3.63) is 91.0 Å². The highest BCUT2D eigenvalue weighted by Gasteiger charge is 2.38. The van der Waals surface area contributed by atoms with Crippen LogP contribution in [0.5, 0.6) is 0 Å². The fourth-order valence-electron chi connectivity index (χ4n) is 3.65. The molecule has 0 atom stereocenters. The summed E-state index contributed by atoms with van der Waals surface area (Å²) in [6.45, 7) is 1.94. The number of hydrogen-bond donors (Lipinski definition) is 0. The van der Waals surface area contributed by atoms with E-state index in [1.54, 1.807) is 0 Å². The van der Waals surface area contributed by atoms with E-state index < -0.39 is 8.07 Å². The van der Waals surface area contributed by atoms with Gasteiger partial charge in [0.2, 0.25) is 0 Å². The van der Waals surface area contributed by atoms with Gasteiger partial charge in [-0.2, -0.15) is 0 Å². The van der Waals surface area contributed by atoms with Gasteiger partial charge in [0, 0.05) is 6.92 Å². The van der Waals surface area contributed by atoms with Crippen LogP contribution in [0.4, 0.5) is 0 Å². The first kappa shape index (κ1) is 18.1. The highest BCUT2D eigenvalue weighted by atomic mass is 28.3. The van der Waals surface area contributed by atoms with E-state index in [0.717, 1.165) is 12.5 Å². The van der Waals surface area contributed by atoms with Gasteiger partial charge >= 0.3 is 5.97 Å². The van der Waals surface area contributed by atoms with Crippen molar-refractivity contribution in [2.24, 2.45) is 0 Å². The molecule has 0 amide bonds. The van der Waals surface area contributed by atoms with Crippen LogP contribution >= 0.6 is 0 Å². The Morgan fingerprint density at radius 3 is 1.46 bits per heavy atom. The molecular formula is C23H24O2Si. The molecule has 0 bridgehead atoms. The van der Waals surface area contributed by atoms with E-state index in [9.17, 15) is 4.79 Å². The zero-order valence-electron chi connectivity index (χ0n) is 15.1. The minimum Gasteiger partial charge on any atom is -0.466 e. The van der Waals surface area contributed by atoms with Gasteiger partial charge in [-0.25, -0.2) is 0 Å². The first-order valence-corrected chi connectivity index (χ1v) is 11.2. The summed E-state index contributed by atoms with van der Waals surface area (Å²) in [6.07, 6.45) is 0.852. The standard InChI is InChI=1S/C23H24O2Si/c1-20(24)25-18-11-19-26(21-12-5-2-6-13-21,22-14-7-3-8-15-22)23-16-9-4-10-17-23/h2-10,12-17H,11,18-19H2,1H3. The lowest BCUT2D eigenvalue weighted by atomic mass is 10.3. The summed E-state index contributed by atoms with van der Waals surface area (Å²) in [4.78, 5) is 11.2. The second kappa shape index (κ2) is 8.63. The fourth-order valence-corrected chi connectivity index (χ4v) is 8.48. The molecule has 0 fully saturated rings. The molecule has 132 valence electrons. The molecule has 3 rings (SSSR count). The molecule has 0 aliphatic rings. The van der Waals surface area contributed by atoms with E-state index in [2.05, 4.69) is 91.0 Å². The molecule has 0 unspecified atom stereocenters. The second-order valence-electron chi connectivity index (χ2n) is 6.45. The summed E-state index contributed by atoms with van der Waals surface area (Å²) < 4.78 is 5.23. The lowest BCUT2D eigenvalue weighted by Crippen LogP contribution is -2.67. The van der Waals surface area contributed by atoms with E-state index in [-0.39, 0.29) is 5.97 Å². The molecule has 3 aromatic rings. The Bertz CT molecular complexity index is 720. The van der Waals surface area contributed by atoms with Crippen molar-refractivity contribution in [2.45, 2.75) is 19.4 Å². The number of rotatable bonds is 7. The van der Waals surface area contributed by atoms with Crippen LogP contribution in [-0.2, 0) is 9.53 Å². The van der Waals surface area contributed by atoms with Crippen LogP contribution in [0.25, 0.3) is 0 Å². The number of ether oxygens (including phenoxy) is 1. The van der Waals surface area contributed by atoms with Crippen LogP contribution in [0.3, 0.4) is 0 Å². The van der Waals surface area contributed by atoms with Gasteiger partial charge in [0.05, 0.1) is 6.61 Å². The van der Waals surface area contributed by atoms with Crippen LogP contribution < -0.4 is 15.6 Å². The Morgan fingerprint density at radius 2 is 1.12 bits per heavy atom. The van der Waals surface area contributed by atoms with Crippen molar-refractivity contribution in [1.29, 1.82) is 0 Å². The fraction of sp³-hybridized carbons (Fsp3) is 0.174. The van der Waals surface area contributed by atoms with Crippen molar-refractivity contribution in [1.82, 2.24) is 0 Å². The molecule has 0 radical (unpaired) electrons. The van der Waals surface area contributed by atoms with Crippen LogP contribution in [0, 0.1) is 0 Å². The van der Waals surface area contributed by atoms with Gasteiger partial charge in [-0.15, -0.1) is 0 Å². The largest absolute Gasteiger partial charge is 0.466 e. The molecule has 0 heterocycles. The van der Waals surface area contributed by atoms with Crippen molar-refractivity contribution < 1.29 is 9.53 Å². The summed E-state index contributed by atoms with van der Waals surface area (Å²) in [7, 11) is -2.19. The lowest BCUT2D eigenvalue weighted by molar-refractivity contribution is -0.140. The van der Waals surface area contributed by atoms with Crippen LogP contribution in [0.15, 0.2) is 91.0 Å². The maximum Gasteiger partial charge on any atom is 0.302 e. The van der Waals surface area contributed by atoms with Crippen molar-refractivity contribution in [3.8, 4) is 0 Å². The second-order valence-corrected chi connectivity index (χ2v) is 10.5. The molecule has 3 aromatic carbocycles. The van der Waals surface area contributed by atoms with Gasteiger partial charge in [0.25, 0.3) is 0 Å². The van der Waals surface area contributed by atoms with E-state index in [1.807, 2.05) is 0 Å². The number of carbonyl (C=O) groups is 1. The van der Waals surface area contributed by atoms with E-state index in [1.165, 1.54) is 22.5 Å². The van der Waals surface area contributed by atoms with Gasteiger partial charge in [0.15, 0.2) is 0 Å². The lowest BCUT2D eigenvalue weighted by Gasteiger charge is -2.34. The van der Waals surface area contributed by atoms with Crippen molar-refractivity contribution in [3.63, 3.8) is 0 Å². The molecule has 0 aromatic heterocycles. The van der Waals surface area contributed by atoms with Crippen molar-refractivity contribution in [2.75, 3.05) is 6.61 Å². The average Bonchev–Trinajstić information content (AvgIpc) is 2.70. The Kier molecular flexibility index (Phi) is 6.02. The van der Waals surface area contributed by atoms with E-state index >= 15 is 0 Å². The van der Waals surface area contributed by atoms with E-state index in [0.29, 0.717) is 6.61 Å². The molecule has 0 aliphatic carbocycles. The van der Waals surface area contributed by atoms with Crippen LogP contribution in [-0.4, -0.2) is 20.7 Å². The van der Waals surface area contributed by atoms with Gasteiger partial charge in [-0.3, -0.25) is 4.79 Å². The quantitative estimate of drug-likeness (QED) is 0.280.